The molecule has 0 radical (unpaired) electrons. The molecule has 1 heterocycles. The Morgan fingerprint density at radius 1 is 1.16 bits per heavy atom. The molecule has 0 aromatic heterocycles. The van der Waals surface area contributed by atoms with Crippen LogP contribution >= 0.6 is 0 Å². The highest BCUT2D eigenvalue weighted by Gasteiger charge is 2.65. The van der Waals surface area contributed by atoms with E-state index in [0.717, 1.165) is 24.1 Å². The summed E-state index contributed by atoms with van der Waals surface area (Å²) in [6.45, 7) is 8.61. The molecule has 0 amide bonds. The molecule has 25 heavy (non-hydrogen) atoms. The van der Waals surface area contributed by atoms with Gasteiger partial charge in [-0.2, -0.15) is 0 Å². The number of ether oxygens (including phenoxy) is 1. The summed E-state index contributed by atoms with van der Waals surface area (Å²) in [5, 5.41) is 0. The average Bonchev–Trinajstić information content (AvgIpc) is 3.07. The molecule has 0 saturated heterocycles. The summed E-state index contributed by atoms with van der Waals surface area (Å²) in [5.41, 5.74) is 1.29. The predicted molar refractivity (Wildman–Crippen MR) is 100 cm³/mol. The van der Waals surface area contributed by atoms with Gasteiger partial charge in [0, 0.05) is 6.42 Å². The van der Waals surface area contributed by atoms with Crippen LogP contribution < -0.4 is 0 Å². The first-order valence-corrected chi connectivity index (χ1v) is 9.29. The molecule has 1 aromatic carbocycles. The van der Waals surface area contributed by atoms with Gasteiger partial charge in [0.2, 0.25) is 0 Å². The maximum absolute atomic E-state index is 12.7. The quantitative estimate of drug-likeness (QED) is 0.752. The summed E-state index contributed by atoms with van der Waals surface area (Å²) >= 11 is 0. The first kappa shape index (κ1) is 16.6. The van der Waals surface area contributed by atoms with Gasteiger partial charge in [-0.25, -0.2) is 4.79 Å². The van der Waals surface area contributed by atoms with E-state index in [-0.39, 0.29) is 5.97 Å². The first-order chi connectivity index (χ1) is 11.7. The van der Waals surface area contributed by atoms with Crippen molar-refractivity contribution < 1.29 is 9.53 Å². The SMILES string of the molecule is CC1(C)[C@@H]2CC3=N[C@@](C)(C/C=C/c4ccccc4)C(=O)O[C@@]3(C)C[C@@H]21. The molecular weight excluding hydrogens is 310 g/mol. The molecule has 132 valence electrons. The molecule has 3 heteroatoms. The van der Waals surface area contributed by atoms with E-state index >= 15 is 0 Å². The molecule has 1 aliphatic heterocycles. The minimum absolute atomic E-state index is 0.187. The highest BCUT2D eigenvalue weighted by molar-refractivity contribution is 6.01. The summed E-state index contributed by atoms with van der Waals surface area (Å²) in [4.78, 5) is 17.7. The van der Waals surface area contributed by atoms with Crippen LogP contribution in [0, 0.1) is 17.3 Å². The van der Waals surface area contributed by atoms with Crippen molar-refractivity contribution in [2.24, 2.45) is 22.2 Å². The van der Waals surface area contributed by atoms with Crippen LogP contribution in [0.25, 0.3) is 6.08 Å². The van der Waals surface area contributed by atoms with Gasteiger partial charge in [0.05, 0.1) is 5.71 Å². The Morgan fingerprint density at radius 3 is 2.60 bits per heavy atom. The summed E-state index contributed by atoms with van der Waals surface area (Å²) in [7, 11) is 0. The standard InChI is InChI=1S/C22H27NO2/c1-20(2)16-13-18-22(4,14-17(16)20)25-19(24)21(3,23-18)12-8-11-15-9-6-5-7-10-15/h5-11,16-17H,12-14H2,1-4H3/b11-8+/t16-,17+,21+,22+/m1/s1. The fourth-order valence-electron chi connectivity index (χ4n) is 4.67. The second kappa shape index (κ2) is 5.30. The molecule has 2 fully saturated rings. The van der Waals surface area contributed by atoms with Gasteiger partial charge >= 0.3 is 5.97 Å². The van der Waals surface area contributed by atoms with Gasteiger partial charge in [-0.15, -0.1) is 0 Å². The van der Waals surface area contributed by atoms with Crippen molar-refractivity contribution in [1.82, 2.24) is 0 Å². The second-order valence-electron chi connectivity index (χ2n) is 8.91. The summed E-state index contributed by atoms with van der Waals surface area (Å²) < 4.78 is 5.98. The van der Waals surface area contributed by atoms with E-state index in [1.54, 1.807) is 0 Å². The number of hydrogen-bond donors (Lipinski definition) is 0. The Labute approximate surface area is 150 Å². The molecule has 0 bridgehead atoms. The molecule has 0 N–H and O–H groups in total. The number of esters is 1. The predicted octanol–water partition coefficient (Wildman–Crippen LogP) is 4.67. The van der Waals surface area contributed by atoms with E-state index in [1.807, 2.05) is 44.2 Å². The van der Waals surface area contributed by atoms with Gasteiger partial charge in [0.1, 0.15) is 5.60 Å². The normalized spacial score (nSPS) is 38.6. The van der Waals surface area contributed by atoms with Crippen molar-refractivity contribution in [2.45, 2.75) is 58.1 Å². The van der Waals surface area contributed by atoms with Gasteiger partial charge in [-0.3, -0.25) is 4.99 Å². The zero-order valence-electron chi connectivity index (χ0n) is 15.6. The van der Waals surface area contributed by atoms with E-state index in [2.05, 4.69) is 26.0 Å². The fourth-order valence-corrected chi connectivity index (χ4v) is 4.67. The minimum atomic E-state index is -0.800. The lowest BCUT2D eigenvalue weighted by molar-refractivity contribution is -0.161. The van der Waals surface area contributed by atoms with Crippen LogP contribution in [-0.2, 0) is 9.53 Å². The highest BCUT2D eigenvalue weighted by Crippen LogP contribution is 2.66. The van der Waals surface area contributed by atoms with Crippen LogP contribution in [0.2, 0.25) is 0 Å². The molecule has 2 saturated carbocycles. The second-order valence-corrected chi connectivity index (χ2v) is 8.91. The minimum Gasteiger partial charge on any atom is -0.451 e. The molecule has 4 atom stereocenters. The Bertz CT molecular complexity index is 763. The first-order valence-electron chi connectivity index (χ1n) is 9.29. The van der Waals surface area contributed by atoms with Crippen LogP contribution in [0.5, 0.6) is 0 Å². The van der Waals surface area contributed by atoms with Gasteiger partial charge in [-0.05, 0) is 49.5 Å². The lowest BCUT2D eigenvalue weighted by Gasteiger charge is -2.42. The average molecular weight is 337 g/mol. The maximum Gasteiger partial charge on any atom is 0.334 e. The summed E-state index contributed by atoms with van der Waals surface area (Å²) in [6.07, 6.45) is 6.55. The Balaban J connectivity index is 1.56. The topological polar surface area (TPSA) is 38.7 Å². The Morgan fingerprint density at radius 2 is 1.88 bits per heavy atom. The molecule has 0 spiro atoms. The summed E-state index contributed by atoms with van der Waals surface area (Å²) in [5.74, 6) is 1.17. The number of carbonyl (C=O) groups is 1. The van der Waals surface area contributed by atoms with E-state index in [4.69, 9.17) is 9.73 Å². The summed E-state index contributed by atoms with van der Waals surface area (Å²) in [6, 6.07) is 10.1. The van der Waals surface area contributed by atoms with Crippen molar-refractivity contribution >= 4 is 17.8 Å². The number of rotatable bonds is 3. The maximum atomic E-state index is 12.7. The fraction of sp³-hybridized carbons (Fsp3) is 0.545. The number of carbonyl (C=O) groups excluding carboxylic acids is 1. The van der Waals surface area contributed by atoms with Crippen LogP contribution in [-0.4, -0.2) is 22.8 Å². The molecule has 2 aliphatic carbocycles. The highest BCUT2D eigenvalue weighted by atomic mass is 16.6. The molecule has 3 nitrogen and oxygen atoms in total. The zero-order chi connectivity index (χ0) is 17.9. The number of nitrogens with zero attached hydrogens (tertiary/aromatic N) is 1. The van der Waals surface area contributed by atoms with E-state index in [1.165, 1.54) is 0 Å². The Hall–Kier alpha value is -1.90. The Kier molecular flexibility index (Phi) is 3.51. The van der Waals surface area contributed by atoms with Crippen LogP contribution in [0.4, 0.5) is 0 Å². The molecule has 1 aromatic rings. The van der Waals surface area contributed by atoms with Crippen molar-refractivity contribution in [2.75, 3.05) is 0 Å². The van der Waals surface area contributed by atoms with Crippen LogP contribution in [0.15, 0.2) is 41.4 Å². The monoisotopic (exact) mass is 337 g/mol. The van der Waals surface area contributed by atoms with Gasteiger partial charge in [0.25, 0.3) is 0 Å². The van der Waals surface area contributed by atoms with Crippen LogP contribution in [0.3, 0.4) is 0 Å². The molecule has 0 unspecified atom stereocenters. The number of fused-ring (bicyclic) bond motifs is 2. The number of aliphatic imine (C=N–C) groups is 1. The third-order valence-electron chi connectivity index (χ3n) is 6.69. The number of benzene rings is 1. The number of hydrogen-bond acceptors (Lipinski definition) is 3. The van der Waals surface area contributed by atoms with Crippen molar-refractivity contribution in [3.05, 3.63) is 42.0 Å². The zero-order valence-corrected chi connectivity index (χ0v) is 15.6. The third kappa shape index (κ3) is 2.65. The van der Waals surface area contributed by atoms with Gasteiger partial charge in [-0.1, -0.05) is 56.3 Å². The largest absolute Gasteiger partial charge is 0.451 e. The molecule has 3 aliphatic rings. The van der Waals surface area contributed by atoms with E-state index in [9.17, 15) is 4.79 Å². The van der Waals surface area contributed by atoms with Crippen LogP contribution in [0.1, 0.15) is 52.5 Å². The van der Waals surface area contributed by atoms with Crippen molar-refractivity contribution in [3.8, 4) is 0 Å². The van der Waals surface area contributed by atoms with Gasteiger partial charge < -0.3 is 4.74 Å². The van der Waals surface area contributed by atoms with Crippen molar-refractivity contribution in [1.29, 1.82) is 0 Å². The van der Waals surface area contributed by atoms with Crippen molar-refractivity contribution in [3.63, 3.8) is 0 Å². The lowest BCUT2D eigenvalue weighted by Crippen LogP contribution is -2.54. The van der Waals surface area contributed by atoms with E-state index < -0.39 is 11.1 Å². The lowest BCUT2D eigenvalue weighted by atomic mass is 9.81. The van der Waals surface area contributed by atoms with Gasteiger partial charge in [0.15, 0.2) is 5.54 Å². The smallest absolute Gasteiger partial charge is 0.334 e. The third-order valence-corrected chi connectivity index (χ3v) is 6.69. The molecule has 4 rings (SSSR count). The van der Waals surface area contributed by atoms with E-state index in [0.29, 0.717) is 23.7 Å². The molecular formula is C22H27NO2.